The second kappa shape index (κ2) is 12.6. The zero-order valence-electron chi connectivity index (χ0n) is 31.7. The lowest BCUT2D eigenvalue weighted by molar-refractivity contribution is -0.633. The quantitative estimate of drug-likeness (QED) is 0.164. The molecule has 0 atom stereocenters. The minimum atomic E-state index is -0.146. The van der Waals surface area contributed by atoms with Gasteiger partial charge in [-0.05, 0) is 77.9 Å². The number of aromatic nitrogens is 4. The van der Waals surface area contributed by atoms with Crippen LogP contribution < -0.4 is 4.57 Å². The first-order valence-electron chi connectivity index (χ1n) is 18.5. The predicted molar refractivity (Wildman–Crippen MR) is 215 cm³/mol. The van der Waals surface area contributed by atoms with Crippen molar-refractivity contribution >= 4 is 33.0 Å². The highest BCUT2D eigenvalue weighted by atomic mass is 16.3. The Morgan fingerprint density at radius 2 is 1.38 bits per heavy atom. The van der Waals surface area contributed by atoms with E-state index in [4.69, 9.17) is 9.40 Å². The molecule has 3 aromatic heterocycles. The number of hydrogen-bond donors (Lipinski definition) is 0. The van der Waals surface area contributed by atoms with Crippen LogP contribution in [0.3, 0.4) is 0 Å². The van der Waals surface area contributed by atoms with Crippen LogP contribution in [0.1, 0.15) is 82.8 Å². The molecule has 0 saturated heterocycles. The molecule has 0 amide bonds. The summed E-state index contributed by atoms with van der Waals surface area (Å²) in [5.74, 6) is 2.51. The van der Waals surface area contributed by atoms with Crippen LogP contribution in [-0.2, 0) is 12.5 Å². The van der Waals surface area contributed by atoms with E-state index in [0.29, 0.717) is 0 Å². The summed E-state index contributed by atoms with van der Waals surface area (Å²) in [6.45, 7) is 17.9. The van der Waals surface area contributed by atoms with Crippen LogP contribution in [0.15, 0.2) is 114 Å². The number of furan rings is 1. The molecule has 0 saturated carbocycles. The average molecular weight is 684 g/mol. The van der Waals surface area contributed by atoms with Crippen molar-refractivity contribution in [2.45, 2.75) is 72.6 Å². The number of hydrogen-bond acceptors (Lipinski definition) is 3. The van der Waals surface area contributed by atoms with Crippen molar-refractivity contribution in [2.24, 2.45) is 7.05 Å². The third-order valence-electron chi connectivity index (χ3n) is 10.5. The lowest BCUT2D eigenvalue weighted by atomic mass is 9.88. The smallest absolute Gasteiger partial charge is 0.299 e. The summed E-state index contributed by atoms with van der Waals surface area (Å²) in [6, 6.07) is 37.3. The van der Waals surface area contributed by atoms with Crippen molar-refractivity contribution < 1.29 is 8.98 Å². The second-order valence-corrected chi connectivity index (χ2v) is 15.8. The van der Waals surface area contributed by atoms with E-state index < -0.39 is 0 Å². The van der Waals surface area contributed by atoms with Gasteiger partial charge in [-0.25, -0.2) is 14.5 Å². The maximum atomic E-state index is 6.98. The number of rotatable bonds is 6. The summed E-state index contributed by atoms with van der Waals surface area (Å²) in [4.78, 5) is 9.51. The molecule has 260 valence electrons. The molecular formula is C47H47N4O+. The fraction of sp³-hybridized carbons (Fsp3) is 0.255. The Morgan fingerprint density at radius 1 is 0.712 bits per heavy atom. The summed E-state index contributed by atoms with van der Waals surface area (Å²) >= 11 is 0. The van der Waals surface area contributed by atoms with Crippen molar-refractivity contribution in [3.63, 3.8) is 0 Å². The first kappa shape index (κ1) is 33.6. The molecule has 0 aliphatic carbocycles. The van der Waals surface area contributed by atoms with Gasteiger partial charge < -0.3 is 4.42 Å². The molecule has 0 unspecified atom stereocenters. The fourth-order valence-electron chi connectivity index (χ4n) is 7.69. The van der Waals surface area contributed by atoms with Gasteiger partial charge in [0.2, 0.25) is 0 Å². The highest BCUT2D eigenvalue weighted by molar-refractivity contribution is 6.10. The molecule has 52 heavy (non-hydrogen) atoms. The Kier molecular flexibility index (Phi) is 8.13. The van der Waals surface area contributed by atoms with E-state index in [0.717, 1.165) is 56.0 Å². The first-order chi connectivity index (χ1) is 24.9. The van der Waals surface area contributed by atoms with Crippen molar-refractivity contribution in [2.75, 3.05) is 0 Å². The minimum absolute atomic E-state index is 0.146. The van der Waals surface area contributed by atoms with Gasteiger partial charge in [0.25, 0.3) is 5.82 Å². The molecular weight excluding hydrogens is 637 g/mol. The topological polar surface area (TPSA) is 47.7 Å². The van der Waals surface area contributed by atoms with Gasteiger partial charge in [-0.1, -0.05) is 109 Å². The number of aryl methyl sites for hydroxylation is 2. The van der Waals surface area contributed by atoms with Gasteiger partial charge in [0.15, 0.2) is 16.6 Å². The Balaban J connectivity index is 1.42. The molecule has 0 aliphatic rings. The van der Waals surface area contributed by atoms with Crippen molar-refractivity contribution in [1.29, 1.82) is 0 Å². The Labute approximate surface area is 306 Å². The van der Waals surface area contributed by atoms with Gasteiger partial charge in [0.05, 0.1) is 12.7 Å². The second-order valence-electron chi connectivity index (χ2n) is 15.8. The van der Waals surface area contributed by atoms with E-state index in [2.05, 4.69) is 174 Å². The molecule has 3 heterocycles. The van der Waals surface area contributed by atoms with Crippen LogP contribution in [0.2, 0.25) is 0 Å². The molecule has 0 fully saturated rings. The number of fused-ring (bicyclic) bond motifs is 4. The molecule has 8 aromatic rings. The van der Waals surface area contributed by atoms with Crippen molar-refractivity contribution in [3.05, 3.63) is 132 Å². The molecule has 5 heteroatoms. The maximum absolute atomic E-state index is 6.98. The summed E-state index contributed by atoms with van der Waals surface area (Å²) in [5, 5.41) is 2.19. The normalized spacial score (nSPS) is 12.3. The van der Waals surface area contributed by atoms with Crippen LogP contribution >= 0.6 is 0 Å². The molecule has 0 bridgehead atoms. The molecule has 5 nitrogen and oxygen atoms in total. The summed E-state index contributed by atoms with van der Waals surface area (Å²) in [6.07, 6.45) is 1.86. The van der Waals surface area contributed by atoms with Gasteiger partial charge in [0, 0.05) is 39.1 Å². The summed E-state index contributed by atoms with van der Waals surface area (Å²) in [7, 11) is 2.19. The summed E-state index contributed by atoms with van der Waals surface area (Å²) in [5.41, 5.74) is 14.5. The molecule has 0 spiro atoms. The average Bonchev–Trinajstić information content (AvgIpc) is 3.65. The zero-order chi connectivity index (χ0) is 36.5. The first-order valence-corrected chi connectivity index (χ1v) is 18.5. The van der Waals surface area contributed by atoms with E-state index in [1.807, 2.05) is 12.3 Å². The fourth-order valence-corrected chi connectivity index (χ4v) is 7.69. The predicted octanol–water partition coefficient (Wildman–Crippen LogP) is 12.0. The molecule has 0 radical (unpaired) electrons. The third kappa shape index (κ3) is 5.51. The molecule has 0 aliphatic heterocycles. The van der Waals surface area contributed by atoms with Gasteiger partial charge in [-0.2, -0.15) is 4.57 Å². The maximum Gasteiger partial charge on any atom is 0.299 e. The summed E-state index contributed by atoms with van der Waals surface area (Å²) < 4.78 is 11.9. The minimum Gasteiger partial charge on any atom is -0.455 e. The molecule has 0 N–H and O–H groups in total. The largest absolute Gasteiger partial charge is 0.455 e. The van der Waals surface area contributed by atoms with Crippen LogP contribution in [0.25, 0.3) is 72.4 Å². The number of nitrogens with zero attached hydrogens (tertiary/aromatic N) is 4. The molecule has 5 aromatic carbocycles. The Morgan fingerprint density at radius 3 is 2.08 bits per heavy atom. The van der Waals surface area contributed by atoms with Crippen LogP contribution in [-0.4, -0.2) is 14.5 Å². The lowest BCUT2D eigenvalue weighted by Gasteiger charge is -2.21. The standard InChI is InChI=1S/C47H47N4O/c1-28(2)36-25-33(31-15-11-10-12-16-31)26-37(29(3)4)43(36)51-40-18-14-13-17-39(40)50(9)45(51)42-30(5)19-21-35-34-22-20-32(27-41(34)52-44(35)42)38-23-24-48-46(49-38)47(6,7)8/h10-29H,1-9H3/q+1. The monoisotopic (exact) mass is 683 g/mol. The van der Waals surface area contributed by atoms with Crippen LogP contribution in [0.4, 0.5) is 0 Å². The van der Waals surface area contributed by atoms with E-state index in [1.165, 1.54) is 39.0 Å². The molecule has 8 rings (SSSR count). The van der Waals surface area contributed by atoms with Gasteiger partial charge in [0.1, 0.15) is 22.7 Å². The third-order valence-corrected chi connectivity index (χ3v) is 10.5. The van der Waals surface area contributed by atoms with Gasteiger partial charge in [-0.15, -0.1) is 0 Å². The van der Waals surface area contributed by atoms with E-state index >= 15 is 0 Å². The lowest BCUT2D eigenvalue weighted by Crippen LogP contribution is -2.30. The highest BCUT2D eigenvalue weighted by Crippen LogP contribution is 2.43. The van der Waals surface area contributed by atoms with Crippen LogP contribution in [0, 0.1) is 6.92 Å². The van der Waals surface area contributed by atoms with Crippen LogP contribution in [0.5, 0.6) is 0 Å². The SMILES string of the molecule is Cc1ccc2c(oc3cc(-c4ccnc(C(C)(C)C)n4)ccc32)c1-c1n(-c2c(C(C)C)cc(-c3ccccc3)cc2C(C)C)c2ccccc2[n+]1C. The van der Waals surface area contributed by atoms with E-state index in [9.17, 15) is 0 Å². The zero-order valence-corrected chi connectivity index (χ0v) is 31.7. The van der Waals surface area contributed by atoms with Gasteiger partial charge >= 0.3 is 0 Å². The van der Waals surface area contributed by atoms with Crippen molar-refractivity contribution in [1.82, 2.24) is 14.5 Å². The highest BCUT2D eigenvalue weighted by Gasteiger charge is 2.34. The van der Waals surface area contributed by atoms with E-state index in [1.54, 1.807) is 0 Å². The van der Waals surface area contributed by atoms with E-state index in [-0.39, 0.29) is 17.3 Å². The Hall–Kier alpha value is -5.55. The number of imidazole rings is 1. The Bertz CT molecular complexity index is 2600. The number of para-hydroxylation sites is 2. The number of benzene rings is 5. The van der Waals surface area contributed by atoms with Gasteiger partial charge in [-0.3, -0.25) is 0 Å². The van der Waals surface area contributed by atoms with Crippen molar-refractivity contribution in [3.8, 4) is 39.5 Å².